The smallest absolute Gasteiger partial charge is 0.265 e. The summed E-state index contributed by atoms with van der Waals surface area (Å²) >= 11 is 5.93. The number of rotatable bonds is 5. The second kappa shape index (κ2) is 8.02. The highest BCUT2D eigenvalue weighted by Crippen LogP contribution is 2.15. The van der Waals surface area contributed by atoms with Crippen molar-refractivity contribution in [3.8, 4) is 6.07 Å². The van der Waals surface area contributed by atoms with E-state index in [1.54, 1.807) is 37.5 Å². The molecule has 0 saturated heterocycles. The number of nitrogens with zero attached hydrogens (tertiary/aromatic N) is 4. The molecule has 0 spiro atoms. The molecule has 1 amide bonds. The van der Waals surface area contributed by atoms with Crippen molar-refractivity contribution in [1.82, 2.24) is 14.5 Å². The normalized spacial score (nSPS) is 10.6. The van der Waals surface area contributed by atoms with Crippen LogP contribution in [0.2, 0.25) is 5.02 Å². The maximum Gasteiger partial charge on any atom is 0.265 e. The van der Waals surface area contributed by atoms with Gasteiger partial charge in [0.05, 0.1) is 19.0 Å². The average Bonchev–Trinajstić information content (AvgIpc) is 2.69. The highest BCUT2D eigenvalue weighted by molar-refractivity contribution is 6.30. The molecule has 3 aromatic rings. The van der Waals surface area contributed by atoms with E-state index in [-0.39, 0.29) is 25.1 Å². The molecule has 0 saturated carbocycles. The van der Waals surface area contributed by atoms with Gasteiger partial charge in [-0.15, -0.1) is 0 Å². The first-order valence-electron chi connectivity index (χ1n) is 8.36. The third kappa shape index (κ3) is 3.99. The average molecular weight is 381 g/mol. The Bertz CT molecular complexity index is 1080. The summed E-state index contributed by atoms with van der Waals surface area (Å²) < 4.78 is 1.49. The van der Waals surface area contributed by atoms with Crippen LogP contribution in [0.1, 0.15) is 22.3 Å². The quantitative estimate of drug-likeness (QED) is 0.681. The first kappa shape index (κ1) is 18.6. The molecule has 27 heavy (non-hydrogen) atoms. The lowest BCUT2D eigenvalue weighted by Crippen LogP contribution is -2.35. The number of hydrogen-bond donors (Lipinski definition) is 0. The molecular formula is C20H17ClN4O2. The number of hydrogen-bond acceptors (Lipinski definition) is 4. The number of benzene rings is 1. The molecule has 0 aliphatic rings. The Kier molecular flexibility index (Phi) is 5.53. The summed E-state index contributed by atoms with van der Waals surface area (Å²) in [5.41, 5.74) is 1.03. The van der Waals surface area contributed by atoms with Gasteiger partial charge in [-0.2, -0.15) is 5.26 Å². The van der Waals surface area contributed by atoms with E-state index in [2.05, 4.69) is 4.98 Å². The number of amides is 1. The number of fused-ring (bicyclic) bond motifs is 1. The van der Waals surface area contributed by atoms with Gasteiger partial charge in [-0.05, 0) is 35.9 Å². The zero-order valence-corrected chi connectivity index (χ0v) is 15.5. The number of carbonyl (C=O) groups excluding carboxylic acids is 1. The van der Waals surface area contributed by atoms with Gasteiger partial charge in [-0.3, -0.25) is 14.2 Å². The van der Waals surface area contributed by atoms with E-state index >= 15 is 0 Å². The van der Waals surface area contributed by atoms with Gasteiger partial charge in [-0.25, -0.2) is 4.98 Å². The van der Waals surface area contributed by atoms with E-state index in [9.17, 15) is 9.59 Å². The van der Waals surface area contributed by atoms with Gasteiger partial charge < -0.3 is 4.90 Å². The van der Waals surface area contributed by atoms with Crippen molar-refractivity contribution in [2.45, 2.75) is 13.0 Å². The van der Waals surface area contributed by atoms with E-state index < -0.39 is 11.5 Å². The molecule has 6 nitrogen and oxygen atoms in total. The van der Waals surface area contributed by atoms with E-state index in [0.717, 1.165) is 5.56 Å². The predicted octanol–water partition coefficient (Wildman–Crippen LogP) is 3.08. The van der Waals surface area contributed by atoms with Crippen LogP contribution in [0.5, 0.6) is 0 Å². The van der Waals surface area contributed by atoms with Crippen molar-refractivity contribution in [1.29, 1.82) is 5.26 Å². The van der Waals surface area contributed by atoms with Crippen LogP contribution in [0.15, 0.2) is 53.5 Å². The summed E-state index contributed by atoms with van der Waals surface area (Å²) in [6.45, 7) is 0.531. The second-order valence-corrected chi connectivity index (χ2v) is 6.56. The molecule has 2 heterocycles. The van der Waals surface area contributed by atoms with Crippen LogP contribution in [0, 0.1) is 11.3 Å². The molecule has 0 N–H and O–H groups in total. The molecule has 3 rings (SSSR count). The molecule has 7 heteroatoms. The van der Waals surface area contributed by atoms with E-state index in [4.69, 9.17) is 16.9 Å². The van der Waals surface area contributed by atoms with Crippen molar-refractivity contribution in [2.24, 2.45) is 0 Å². The topological polar surface area (TPSA) is 79.0 Å². The molecule has 0 bridgehead atoms. The molecule has 0 aliphatic heterocycles. The Labute approximate surface area is 161 Å². The largest absolute Gasteiger partial charge is 0.341 e. The SMILES string of the molecule is CN(CCC#N)C(=O)c1cc2cccnc2n(Cc2ccc(Cl)cc2)c1=O. The monoisotopic (exact) mass is 380 g/mol. The van der Waals surface area contributed by atoms with Crippen molar-refractivity contribution in [2.75, 3.05) is 13.6 Å². The van der Waals surface area contributed by atoms with Crippen molar-refractivity contribution in [3.63, 3.8) is 0 Å². The van der Waals surface area contributed by atoms with Crippen LogP contribution in [0.25, 0.3) is 11.0 Å². The van der Waals surface area contributed by atoms with Gasteiger partial charge in [0.1, 0.15) is 11.2 Å². The fraction of sp³-hybridized carbons (Fsp3) is 0.200. The fourth-order valence-corrected chi connectivity index (χ4v) is 2.93. The summed E-state index contributed by atoms with van der Waals surface area (Å²) in [6.07, 6.45) is 1.82. The van der Waals surface area contributed by atoms with Crippen LogP contribution in [-0.2, 0) is 6.54 Å². The minimum atomic E-state index is -0.412. The fourth-order valence-electron chi connectivity index (χ4n) is 2.80. The van der Waals surface area contributed by atoms with Crippen molar-refractivity contribution < 1.29 is 4.79 Å². The van der Waals surface area contributed by atoms with E-state index in [1.165, 1.54) is 9.47 Å². The number of aromatic nitrogens is 2. The molecule has 0 atom stereocenters. The molecule has 0 aliphatic carbocycles. The van der Waals surface area contributed by atoms with Gasteiger partial charge >= 0.3 is 0 Å². The van der Waals surface area contributed by atoms with Gasteiger partial charge in [0.25, 0.3) is 11.5 Å². The lowest BCUT2D eigenvalue weighted by Gasteiger charge is -2.17. The van der Waals surface area contributed by atoms with E-state index in [1.807, 2.05) is 24.3 Å². The van der Waals surface area contributed by atoms with Crippen LogP contribution < -0.4 is 5.56 Å². The maximum absolute atomic E-state index is 13.1. The predicted molar refractivity (Wildman–Crippen MR) is 104 cm³/mol. The molecular weight excluding hydrogens is 364 g/mol. The third-order valence-corrected chi connectivity index (χ3v) is 4.49. The third-order valence-electron chi connectivity index (χ3n) is 4.24. The molecule has 0 fully saturated rings. The van der Waals surface area contributed by atoms with Gasteiger partial charge in [-0.1, -0.05) is 23.7 Å². The van der Waals surface area contributed by atoms with Crippen molar-refractivity contribution >= 4 is 28.5 Å². The first-order valence-corrected chi connectivity index (χ1v) is 8.74. The summed E-state index contributed by atoms with van der Waals surface area (Å²) in [5.74, 6) is -0.411. The minimum Gasteiger partial charge on any atom is -0.341 e. The Hall–Kier alpha value is -3.17. The Morgan fingerprint density at radius 1 is 1.30 bits per heavy atom. The van der Waals surface area contributed by atoms with E-state index in [0.29, 0.717) is 16.1 Å². The first-order chi connectivity index (χ1) is 13.0. The second-order valence-electron chi connectivity index (χ2n) is 6.13. The van der Waals surface area contributed by atoms with Crippen LogP contribution >= 0.6 is 11.6 Å². The maximum atomic E-state index is 13.1. The minimum absolute atomic E-state index is 0.0601. The summed E-state index contributed by atoms with van der Waals surface area (Å²) in [6, 6.07) is 14.3. The van der Waals surface area contributed by atoms with Crippen LogP contribution in [-0.4, -0.2) is 34.0 Å². The van der Waals surface area contributed by atoms with Crippen molar-refractivity contribution in [3.05, 3.63) is 75.2 Å². The molecule has 136 valence electrons. The lowest BCUT2D eigenvalue weighted by molar-refractivity contribution is 0.0796. The Morgan fingerprint density at radius 3 is 2.74 bits per heavy atom. The Balaban J connectivity index is 2.10. The summed E-state index contributed by atoms with van der Waals surface area (Å²) in [7, 11) is 1.58. The van der Waals surface area contributed by atoms with Crippen LogP contribution in [0.3, 0.4) is 0 Å². The standard InChI is InChI=1S/C20H17ClN4O2/c1-24(11-3-9-22)19(26)17-12-15-4-2-10-23-18(15)25(20(17)27)13-14-5-7-16(21)8-6-14/h2,4-8,10,12H,3,11,13H2,1H3. The number of nitriles is 1. The van der Waals surface area contributed by atoms with Gasteiger partial charge in [0.2, 0.25) is 0 Å². The molecule has 0 unspecified atom stereocenters. The summed E-state index contributed by atoms with van der Waals surface area (Å²) in [5, 5.41) is 10.0. The molecule has 2 aromatic heterocycles. The number of carbonyl (C=O) groups is 1. The summed E-state index contributed by atoms with van der Waals surface area (Å²) in [4.78, 5) is 31.5. The highest BCUT2D eigenvalue weighted by Gasteiger charge is 2.19. The number of pyridine rings is 2. The number of halogens is 1. The zero-order chi connectivity index (χ0) is 19.4. The highest BCUT2D eigenvalue weighted by atomic mass is 35.5. The molecule has 1 aromatic carbocycles. The van der Waals surface area contributed by atoms with Gasteiger partial charge in [0.15, 0.2) is 0 Å². The van der Waals surface area contributed by atoms with Gasteiger partial charge in [0, 0.05) is 30.2 Å². The van der Waals surface area contributed by atoms with Crippen LogP contribution in [0.4, 0.5) is 0 Å². The lowest BCUT2D eigenvalue weighted by atomic mass is 10.1. The Morgan fingerprint density at radius 2 is 2.04 bits per heavy atom. The zero-order valence-electron chi connectivity index (χ0n) is 14.7. The molecule has 0 radical (unpaired) electrons.